The number of aromatic hydroxyl groups is 1. The maximum Gasteiger partial charge on any atom is 0.297 e. The number of benzene rings is 2. The first-order valence-corrected chi connectivity index (χ1v) is 10.2. The lowest BCUT2D eigenvalue weighted by Crippen LogP contribution is -2.24. The van der Waals surface area contributed by atoms with E-state index in [2.05, 4.69) is 10.1 Å². The number of phenols is 1. The van der Waals surface area contributed by atoms with Gasteiger partial charge in [0.15, 0.2) is 10.9 Å². The van der Waals surface area contributed by atoms with Crippen LogP contribution in [0.4, 0.5) is 5.69 Å². The van der Waals surface area contributed by atoms with Crippen molar-refractivity contribution in [1.29, 1.82) is 0 Å². The predicted octanol–water partition coefficient (Wildman–Crippen LogP) is 2.79. The second-order valence-electron chi connectivity index (χ2n) is 6.60. The molecule has 0 saturated carbocycles. The maximum absolute atomic E-state index is 13.1. The lowest BCUT2D eigenvalue weighted by atomic mass is 10.2. The van der Waals surface area contributed by atoms with Gasteiger partial charge in [-0.3, -0.25) is 14.3 Å². The van der Waals surface area contributed by atoms with Gasteiger partial charge in [0.05, 0.1) is 23.3 Å². The Balaban J connectivity index is 1.73. The summed E-state index contributed by atoms with van der Waals surface area (Å²) < 4.78 is 3.26. The fourth-order valence-electron chi connectivity index (χ4n) is 3.04. The number of carbonyl (C=O) groups excluding carboxylic acids is 1. The first-order valence-electron chi connectivity index (χ1n) is 9.18. The zero-order valence-electron chi connectivity index (χ0n) is 16.4. The summed E-state index contributed by atoms with van der Waals surface area (Å²) in [6, 6.07) is 16.0. The van der Waals surface area contributed by atoms with Gasteiger partial charge in [0.2, 0.25) is 0 Å². The zero-order chi connectivity index (χ0) is 21.3. The highest BCUT2D eigenvalue weighted by molar-refractivity contribution is 8.15. The molecule has 1 amide bonds. The molecule has 4 rings (SSSR count). The van der Waals surface area contributed by atoms with E-state index in [9.17, 15) is 14.7 Å². The van der Waals surface area contributed by atoms with Crippen LogP contribution in [0.25, 0.3) is 5.69 Å². The van der Waals surface area contributed by atoms with Crippen LogP contribution in [0.5, 0.6) is 5.75 Å². The Morgan fingerprint density at radius 1 is 1.07 bits per heavy atom. The van der Waals surface area contributed by atoms with Crippen molar-refractivity contribution in [3.63, 3.8) is 0 Å². The number of phenolic OH excluding ortho intramolecular Hbond substituents is 1. The zero-order valence-corrected chi connectivity index (χ0v) is 17.2. The number of amidine groups is 1. The number of nitrogens with zero attached hydrogens (tertiary/aromatic N) is 5. The van der Waals surface area contributed by atoms with Gasteiger partial charge in [-0.25, -0.2) is 9.67 Å². The van der Waals surface area contributed by atoms with Crippen molar-refractivity contribution >= 4 is 34.7 Å². The van der Waals surface area contributed by atoms with Crippen molar-refractivity contribution in [2.75, 3.05) is 5.75 Å². The summed E-state index contributed by atoms with van der Waals surface area (Å²) in [5.41, 5.74) is 1.84. The minimum Gasteiger partial charge on any atom is -0.507 e. The summed E-state index contributed by atoms with van der Waals surface area (Å²) in [5, 5.41) is 15.6. The van der Waals surface area contributed by atoms with Gasteiger partial charge < -0.3 is 5.11 Å². The van der Waals surface area contributed by atoms with Crippen molar-refractivity contribution in [3.8, 4) is 11.4 Å². The molecular weight excluding hydrogens is 402 g/mol. The Labute approximate surface area is 176 Å². The second-order valence-corrected chi connectivity index (χ2v) is 7.54. The summed E-state index contributed by atoms with van der Waals surface area (Å²) in [6.45, 7) is 1.80. The van der Waals surface area contributed by atoms with Crippen LogP contribution >= 0.6 is 11.8 Å². The van der Waals surface area contributed by atoms with Crippen LogP contribution in [-0.4, -0.2) is 42.5 Å². The third-order valence-corrected chi connectivity index (χ3v) is 5.64. The molecule has 30 heavy (non-hydrogen) atoms. The lowest BCUT2D eigenvalue weighted by molar-refractivity contribution is -0.124. The van der Waals surface area contributed by atoms with Gasteiger partial charge >= 0.3 is 0 Å². The molecule has 1 aromatic heterocycles. The van der Waals surface area contributed by atoms with E-state index < -0.39 is 0 Å². The Hall–Kier alpha value is -3.59. The molecule has 152 valence electrons. The van der Waals surface area contributed by atoms with Crippen LogP contribution in [0.2, 0.25) is 0 Å². The summed E-state index contributed by atoms with van der Waals surface area (Å²) in [6.07, 6.45) is 1.40. The molecule has 3 aromatic rings. The van der Waals surface area contributed by atoms with Gasteiger partial charge in [-0.05, 0) is 31.2 Å². The molecule has 1 fully saturated rings. The predicted molar refractivity (Wildman–Crippen MR) is 118 cm³/mol. The largest absolute Gasteiger partial charge is 0.507 e. The Morgan fingerprint density at radius 3 is 2.50 bits per heavy atom. The molecule has 8 nitrogen and oxygen atoms in total. The van der Waals surface area contributed by atoms with E-state index in [-0.39, 0.29) is 28.7 Å². The van der Waals surface area contributed by atoms with Gasteiger partial charge in [0.1, 0.15) is 5.75 Å². The first-order chi connectivity index (χ1) is 14.5. The van der Waals surface area contributed by atoms with Gasteiger partial charge in [-0.1, -0.05) is 42.1 Å². The SMILES string of the molecule is Cc1c(N=C2SCC(=O)N2N=Cc2ccccc2O)c(=O)n(-c2ccccc2)n1C. The quantitative estimate of drug-likeness (QED) is 0.656. The average molecular weight is 421 g/mol. The van der Waals surface area contributed by atoms with E-state index in [0.717, 1.165) is 10.7 Å². The molecule has 0 bridgehead atoms. The number of amides is 1. The summed E-state index contributed by atoms with van der Waals surface area (Å²) in [4.78, 5) is 29.9. The maximum atomic E-state index is 13.1. The molecular formula is C21H19N5O3S. The third-order valence-electron chi connectivity index (χ3n) is 4.72. The molecule has 2 heterocycles. The normalized spacial score (nSPS) is 15.6. The number of aliphatic imine (C=N–C) groups is 1. The first kappa shape index (κ1) is 19.7. The number of carbonyl (C=O) groups is 1. The monoisotopic (exact) mass is 421 g/mol. The van der Waals surface area contributed by atoms with Gasteiger partial charge in [0.25, 0.3) is 11.5 Å². The number of hydrogen-bond donors (Lipinski definition) is 1. The number of thioether (sulfide) groups is 1. The minimum absolute atomic E-state index is 0.0590. The van der Waals surface area contributed by atoms with Crippen LogP contribution in [0.1, 0.15) is 11.3 Å². The van der Waals surface area contributed by atoms with E-state index in [1.54, 1.807) is 36.9 Å². The molecule has 9 heteroatoms. The van der Waals surface area contributed by atoms with Crippen molar-refractivity contribution < 1.29 is 9.90 Å². The molecule has 0 atom stereocenters. The van der Waals surface area contributed by atoms with E-state index in [4.69, 9.17) is 0 Å². The van der Waals surface area contributed by atoms with E-state index in [1.165, 1.54) is 28.7 Å². The van der Waals surface area contributed by atoms with E-state index in [0.29, 0.717) is 16.4 Å². The summed E-state index contributed by atoms with van der Waals surface area (Å²) >= 11 is 1.21. The minimum atomic E-state index is -0.279. The molecule has 1 aliphatic rings. The molecule has 1 saturated heterocycles. The van der Waals surface area contributed by atoms with Crippen LogP contribution in [0.3, 0.4) is 0 Å². The van der Waals surface area contributed by atoms with Gasteiger partial charge in [0, 0.05) is 12.6 Å². The van der Waals surface area contributed by atoms with Gasteiger partial charge in [-0.15, -0.1) is 0 Å². The lowest BCUT2D eigenvalue weighted by Gasteiger charge is -2.08. The molecule has 1 aliphatic heterocycles. The van der Waals surface area contributed by atoms with Crippen LogP contribution in [0, 0.1) is 6.92 Å². The highest BCUT2D eigenvalue weighted by atomic mass is 32.2. The van der Waals surface area contributed by atoms with E-state index >= 15 is 0 Å². The molecule has 0 spiro atoms. The summed E-state index contributed by atoms with van der Waals surface area (Å²) in [5.74, 6) is -0.0125. The number of rotatable bonds is 4. The smallest absolute Gasteiger partial charge is 0.297 e. The van der Waals surface area contributed by atoms with Gasteiger partial charge in [-0.2, -0.15) is 10.1 Å². The highest BCUT2D eigenvalue weighted by Gasteiger charge is 2.29. The summed E-state index contributed by atoms with van der Waals surface area (Å²) in [7, 11) is 1.79. The van der Waals surface area contributed by atoms with Crippen molar-refractivity contribution in [3.05, 3.63) is 76.2 Å². The highest BCUT2D eigenvalue weighted by Crippen LogP contribution is 2.25. The van der Waals surface area contributed by atoms with Crippen LogP contribution < -0.4 is 5.56 Å². The fraction of sp³-hybridized carbons (Fsp3) is 0.143. The van der Waals surface area contributed by atoms with Crippen LogP contribution in [-0.2, 0) is 11.8 Å². The fourth-order valence-corrected chi connectivity index (χ4v) is 3.85. The second kappa shape index (κ2) is 8.03. The topological polar surface area (TPSA) is 92.2 Å². The third kappa shape index (κ3) is 3.55. The molecule has 0 aliphatic carbocycles. The van der Waals surface area contributed by atoms with E-state index in [1.807, 2.05) is 30.3 Å². The standard InChI is InChI=1S/C21H19N5O3S/c1-14-19(20(29)26(24(14)2)16-9-4-3-5-10-16)23-21-25(18(28)13-30-21)22-12-15-8-6-7-11-17(15)27/h3-12,27H,13H2,1-2H3. The number of hydrogen-bond acceptors (Lipinski definition) is 6. The Bertz CT molecular complexity index is 1230. The number of aromatic nitrogens is 2. The Kier molecular flexibility index (Phi) is 5.28. The van der Waals surface area contributed by atoms with Crippen molar-refractivity contribution in [2.24, 2.45) is 17.1 Å². The molecule has 1 N–H and O–H groups in total. The molecule has 2 aromatic carbocycles. The molecule has 0 unspecified atom stereocenters. The molecule has 0 radical (unpaired) electrons. The van der Waals surface area contributed by atoms with Crippen molar-refractivity contribution in [1.82, 2.24) is 14.4 Å². The number of para-hydroxylation sites is 2. The Morgan fingerprint density at radius 2 is 1.77 bits per heavy atom. The number of hydrazone groups is 1. The van der Waals surface area contributed by atoms with Crippen LogP contribution in [0.15, 0.2) is 69.5 Å². The van der Waals surface area contributed by atoms with Crippen molar-refractivity contribution in [2.45, 2.75) is 6.92 Å². The average Bonchev–Trinajstić information content (AvgIpc) is 3.20.